The van der Waals surface area contributed by atoms with Gasteiger partial charge in [0.2, 0.25) is 0 Å². The van der Waals surface area contributed by atoms with Crippen LogP contribution in [0.4, 0.5) is 5.82 Å². The van der Waals surface area contributed by atoms with Gasteiger partial charge in [-0.2, -0.15) is 0 Å². The van der Waals surface area contributed by atoms with Crippen molar-refractivity contribution in [3.63, 3.8) is 0 Å². The maximum Gasteiger partial charge on any atom is 0.254 e. The van der Waals surface area contributed by atoms with Crippen LogP contribution in [0.3, 0.4) is 0 Å². The zero-order chi connectivity index (χ0) is 19.7. The van der Waals surface area contributed by atoms with Gasteiger partial charge in [-0.05, 0) is 38.0 Å². The van der Waals surface area contributed by atoms with Gasteiger partial charge in [0, 0.05) is 43.0 Å². The molecule has 0 radical (unpaired) electrons. The van der Waals surface area contributed by atoms with Crippen molar-refractivity contribution in [3.8, 4) is 0 Å². The normalized spacial score (nSPS) is 14.8. The first-order chi connectivity index (χ1) is 12.8. The highest BCUT2D eigenvalue weighted by Gasteiger charge is 2.26. The number of aromatic nitrogens is 2. The van der Waals surface area contributed by atoms with E-state index in [1.165, 1.54) is 5.56 Å². The standard InChI is InChI=1S/C20H24Cl2N4O/c1-12(2)18-13(3)23-14(4)24-19(18)25-7-9-26(10-8-25)20(27)15-5-6-16(21)17(22)11-15/h5-6,11-12H,7-10H2,1-4H3. The third-order valence-electron chi connectivity index (χ3n) is 4.84. The van der Waals surface area contributed by atoms with Crippen LogP contribution in [0, 0.1) is 13.8 Å². The Kier molecular flexibility index (Phi) is 5.92. The minimum absolute atomic E-state index is 0.0210. The fourth-order valence-electron chi connectivity index (χ4n) is 3.55. The lowest BCUT2D eigenvalue weighted by Crippen LogP contribution is -2.49. The van der Waals surface area contributed by atoms with Crippen molar-refractivity contribution >= 4 is 34.9 Å². The van der Waals surface area contributed by atoms with Crippen molar-refractivity contribution in [2.24, 2.45) is 0 Å². The number of anilines is 1. The van der Waals surface area contributed by atoms with Crippen molar-refractivity contribution in [1.82, 2.24) is 14.9 Å². The van der Waals surface area contributed by atoms with E-state index in [1.54, 1.807) is 18.2 Å². The van der Waals surface area contributed by atoms with E-state index in [0.717, 1.165) is 30.4 Å². The van der Waals surface area contributed by atoms with Gasteiger partial charge in [0.15, 0.2) is 0 Å². The van der Waals surface area contributed by atoms with Gasteiger partial charge in [-0.15, -0.1) is 0 Å². The Bertz CT molecular complexity index is 861. The highest BCUT2D eigenvalue weighted by Crippen LogP contribution is 2.29. The molecule has 1 aromatic heterocycles. The fraction of sp³-hybridized carbons (Fsp3) is 0.450. The molecule has 0 atom stereocenters. The Morgan fingerprint density at radius 3 is 2.30 bits per heavy atom. The molecular weight excluding hydrogens is 383 g/mol. The minimum atomic E-state index is -0.0210. The average molecular weight is 407 g/mol. The van der Waals surface area contributed by atoms with E-state index in [-0.39, 0.29) is 5.91 Å². The average Bonchev–Trinajstić information content (AvgIpc) is 2.62. The molecule has 1 fully saturated rings. The first kappa shape index (κ1) is 19.9. The van der Waals surface area contributed by atoms with Crippen molar-refractivity contribution in [2.75, 3.05) is 31.1 Å². The zero-order valence-electron chi connectivity index (χ0n) is 16.1. The van der Waals surface area contributed by atoms with Crippen molar-refractivity contribution in [1.29, 1.82) is 0 Å². The van der Waals surface area contributed by atoms with Gasteiger partial charge >= 0.3 is 0 Å². The molecule has 3 rings (SSSR count). The van der Waals surface area contributed by atoms with Crippen LogP contribution < -0.4 is 4.90 Å². The summed E-state index contributed by atoms with van der Waals surface area (Å²) in [7, 11) is 0. The van der Waals surface area contributed by atoms with Crippen LogP contribution in [0.25, 0.3) is 0 Å². The summed E-state index contributed by atoms with van der Waals surface area (Å²) in [6.07, 6.45) is 0. The number of hydrogen-bond acceptors (Lipinski definition) is 4. The van der Waals surface area contributed by atoms with E-state index in [4.69, 9.17) is 28.2 Å². The van der Waals surface area contributed by atoms with Crippen LogP contribution in [-0.2, 0) is 0 Å². The first-order valence-corrected chi connectivity index (χ1v) is 9.88. The molecule has 0 spiro atoms. The smallest absolute Gasteiger partial charge is 0.254 e. The second-order valence-corrected chi connectivity index (χ2v) is 7.97. The summed E-state index contributed by atoms with van der Waals surface area (Å²) >= 11 is 12.0. The quantitative estimate of drug-likeness (QED) is 0.753. The Morgan fingerprint density at radius 1 is 1.04 bits per heavy atom. The summed E-state index contributed by atoms with van der Waals surface area (Å²) in [5, 5.41) is 0.850. The lowest BCUT2D eigenvalue weighted by Gasteiger charge is -2.37. The van der Waals surface area contributed by atoms with Crippen LogP contribution in [0.15, 0.2) is 18.2 Å². The second kappa shape index (κ2) is 8.03. The number of carbonyl (C=O) groups excluding carboxylic acids is 1. The van der Waals surface area contributed by atoms with E-state index in [2.05, 4.69) is 23.7 Å². The molecule has 144 valence electrons. The van der Waals surface area contributed by atoms with E-state index < -0.39 is 0 Å². The molecule has 27 heavy (non-hydrogen) atoms. The third-order valence-corrected chi connectivity index (χ3v) is 5.58. The number of nitrogens with zero attached hydrogens (tertiary/aromatic N) is 4. The summed E-state index contributed by atoms with van der Waals surface area (Å²) in [4.78, 5) is 26.1. The van der Waals surface area contributed by atoms with Crippen molar-refractivity contribution in [3.05, 3.63) is 50.9 Å². The summed E-state index contributed by atoms with van der Waals surface area (Å²) in [5.74, 6) is 2.10. The lowest BCUT2D eigenvalue weighted by atomic mass is 10.0. The monoisotopic (exact) mass is 406 g/mol. The maximum atomic E-state index is 12.8. The Labute approximate surface area is 170 Å². The Morgan fingerprint density at radius 2 is 1.70 bits per heavy atom. The van der Waals surface area contributed by atoms with E-state index in [9.17, 15) is 4.79 Å². The molecule has 7 heteroatoms. The van der Waals surface area contributed by atoms with Gasteiger partial charge in [0.05, 0.1) is 10.0 Å². The summed E-state index contributed by atoms with van der Waals surface area (Å²) < 4.78 is 0. The van der Waals surface area contributed by atoms with Gasteiger partial charge in [-0.25, -0.2) is 9.97 Å². The minimum Gasteiger partial charge on any atom is -0.353 e. The predicted octanol–water partition coefficient (Wildman–Crippen LogP) is 4.49. The molecule has 0 aliphatic carbocycles. The number of hydrogen-bond donors (Lipinski definition) is 0. The molecule has 5 nitrogen and oxygen atoms in total. The molecule has 1 amide bonds. The number of halogens is 2. The van der Waals surface area contributed by atoms with Crippen LogP contribution in [0.2, 0.25) is 10.0 Å². The summed E-state index contributed by atoms with van der Waals surface area (Å²) in [6.45, 7) is 11.0. The molecule has 1 aliphatic heterocycles. The molecule has 1 saturated heterocycles. The molecule has 0 unspecified atom stereocenters. The van der Waals surface area contributed by atoms with Gasteiger partial charge < -0.3 is 9.80 Å². The first-order valence-electron chi connectivity index (χ1n) is 9.12. The summed E-state index contributed by atoms with van der Waals surface area (Å²) in [5.41, 5.74) is 2.78. The van der Waals surface area contributed by atoms with E-state index in [1.807, 2.05) is 18.7 Å². The molecule has 1 aliphatic rings. The highest BCUT2D eigenvalue weighted by atomic mass is 35.5. The molecule has 2 aromatic rings. The Hall–Kier alpha value is -1.85. The number of piperazine rings is 1. The van der Waals surface area contributed by atoms with Crippen LogP contribution in [0.1, 0.15) is 47.2 Å². The molecule has 0 saturated carbocycles. The van der Waals surface area contributed by atoms with Crippen molar-refractivity contribution in [2.45, 2.75) is 33.6 Å². The highest BCUT2D eigenvalue weighted by molar-refractivity contribution is 6.42. The summed E-state index contributed by atoms with van der Waals surface area (Å²) in [6, 6.07) is 5.01. The Balaban J connectivity index is 1.76. The van der Waals surface area contributed by atoms with Gasteiger partial charge in [0.1, 0.15) is 11.6 Å². The second-order valence-electron chi connectivity index (χ2n) is 7.16. The largest absolute Gasteiger partial charge is 0.353 e. The molecule has 2 heterocycles. The number of carbonyl (C=O) groups is 1. The predicted molar refractivity (Wildman–Crippen MR) is 110 cm³/mol. The number of aryl methyl sites for hydroxylation is 2. The van der Waals surface area contributed by atoms with E-state index in [0.29, 0.717) is 34.6 Å². The zero-order valence-corrected chi connectivity index (χ0v) is 17.6. The number of amides is 1. The maximum absolute atomic E-state index is 12.8. The fourth-order valence-corrected chi connectivity index (χ4v) is 3.85. The lowest BCUT2D eigenvalue weighted by molar-refractivity contribution is 0.0746. The van der Waals surface area contributed by atoms with Gasteiger partial charge in [0.25, 0.3) is 5.91 Å². The van der Waals surface area contributed by atoms with Crippen LogP contribution in [-0.4, -0.2) is 47.0 Å². The van der Waals surface area contributed by atoms with E-state index >= 15 is 0 Å². The van der Waals surface area contributed by atoms with Crippen LogP contribution >= 0.6 is 23.2 Å². The molecular formula is C20H24Cl2N4O. The number of benzene rings is 1. The number of rotatable bonds is 3. The van der Waals surface area contributed by atoms with Crippen molar-refractivity contribution < 1.29 is 4.79 Å². The molecule has 1 aromatic carbocycles. The SMILES string of the molecule is Cc1nc(C)c(C(C)C)c(N2CCN(C(=O)c3ccc(Cl)c(Cl)c3)CC2)n1. The third kappa shape index (κ3) is 4.19. The van der Waals surface area contributed by atoms with Gasteiger partial charge in [-0.1, -0.05) is 37.0 Å². The van der Waals surface area contributed by atoms with Crippen LogP contribution in [0.5, 0.6) is 0 Å². The topological polar surface area (TPSA) is 49.3 Å². The van der Waals surface area contributed by atoms with Gasteiger partial charge in [-0.3, -0.25) is 4.79 Å². The molecule has 0 N–H and O–H groups in total. The molecule has 0 bridgehead atoms.